The molecule has 30 heavy (non-hydrogen) atoms. The molecule has 3 heterocycles. The Morgan fingerprint density at radius 3 is 2.33 bits per heavy atom. The molecule has 0 bridgehead atoms. The Hall–Kier alpha value is -1.70. The van der Waals surface area contributed by atoms with Crippen LogP contribution >= 0.6 is 11.3 Å². The Labute approximate surface area is 176 Å². The van der Waals surface area contributed by atoms with Crippen molar-refractivity contribution in [3.63, 3.8) is 0 Å². The number of carbonyl (C=O) groups is 2. The van der Waals surface area contributed by atoms with Crippen LogP contribution in [0.4, 0.5) is 13.2 Å². The molecule has 0 spiro atoms. The predicted octanol–water partition coefficient (Wildman–Crippen LogP) is 1.27. The number of halogens is 3. The molecule has 2 N–H and O–H groups in total. The van der Waals surface area contributed by atoms with Gasteiger partial charge in [-0.1, -0.05) is 0 Å². The van der Waals surface area contributed by atoms with Crippen molar-refractivity contribution >= 4 is 33.2 Å². The Morgan fingerprint density at radius 2 is 1.90 bits per heavy atom. The second-order valence-electron chi connectivity index (χ2n) is 7.30. The average Bonchev–Trinajstić information content (AvgIpc) is 3.27. The Kier molecular flexibility index (Phi) is 7.54. The van der Waals surface area contributed by atoms with Gasteiger partial charge in [0.25, 0.3) is 0 Å². The van der Waals surface area contributed by atoms with Gasteiger partial charge in [0.05, 0.1) is 6.26 Å². The number of fused-ring (bicyclic) bond motifs is 1. The number of carbonyl (C=O) groups excluding carboxylic acids is 1. The van der Waals surface area contributed by atoms with Crippen LogP contribution in [0.2, 0.25) is 0 Å². The number of nitrogens with one attached hydrogen (secondary N) is 1. The van der Waals surface area contributed by atoms with E-state index < -0.39 is 28.2 Å². The third-order valence-corrected chi connectivity index (χ3v) is 7.27. The minimum atomic E-state index is -5.08. The van der Waals surface area contributed by atoms with Gasteiger partial charge in [0.15, 0.2) is 0 Å². The van der Waals surface area contributed by atoms with Crippen LogP contribution in [-0.4, -0.2) is 79.3 Å². The molecule has 0 radical (unpaired) electrons. The van der Waals surface area contributed by atoms with Crippen molar-refractivity contribution in [3.05, 3.63) is 21.9 Å². The molecular weight excluding hydrogens is 447 g/mol. The number of sulfonamides is 1. The van der Waals surface area contributed by atoms with E-state index in [1.807, 2.05) is 0 Å². The Balaban J connectivity index is 0.000000396. The molecule has 170 valence electrons. The van der Waals surface area contributed by atoms with Gasteiger partial charge in [0.2, 0.25) is 15.9 Å². The van der Waals surface area contributed by atoms with E-state index in [4.69, 9.17) is 9.90 Å². The summed E-state index contributed by atoms with van der Waals surface area (Å²) in [4.78, 5) is 25.8. The quantitative estimate of drug-likeness (QED) is 0.685. The highest BCUT2D eigenvalue weighted by atomic mass is 32.2. The fourth-order valence-electron chi connectivity index (χ4n) is 3.87. The molecule has 3 atom stereocenters. The summed E-state index contributed by atoms with van der Waals surface area (Å²) in [5.74, 6) is -2.73. The van der Waals surface area contributed by atoms with Gasteiger partial charge in [-0.25, -0.2) is 13.2 Å². The first-order chi connectivity index (χ1) is 13.7. The van der Waals surface area contributed by atoms with Crippen LogP contribution in [0, 0.1) is 12.8 Å². The van der Waals surface area contributed by atoms with Crippen LogP contribution in [0.1, 0.15) is 16.2 Å². The lowest BCUT2D eigenvalue weighted by molar-refractivity contribution is -0.192. The first-order valence-corrected chi connectivity index (χ1v) is 11.7. The first-order valence-electron chi connectivity index (χ1n) is 9.02. The largest absolute Gasteiger partial charge is 0.490 e. The fourth-order valence-corrected chi connectivity index (χ4v) is 6.18. The molecule has 2 saturated heterocycles. The van der Waals surface area contributed by atoms with E-state index in [0.717, 1.165) is 13.1 Å². The number of hydrogen-bond acceptors (Lipinski definition) is 6. The highest BCUT2D eigenvalue weighted by Gasteiger charge is 2.52. The van der Waals surface area contributed by atoms with Gasteiger partial charge in [0, 0.05) is 42.5 Å². The number of carboxylic acids is 1. The summed E-state index contributed by atoms with van der Waals surface area (Å²) >= 11 is 1.78. The highest BCUT2D eigenvalue weighted by Crippen LogP contribution is 2.38. The number of rotatable bonds is 4. The molecule has 0 aliphatic carbocycles. The first kappa shape index (κ1) is 24.6. The maximum atomic E-state index is 12.2. The summed E-state index contributed by atoms with van der Waals surface area (Å²) in [6, 6.07) is 3.60. The van der Waals surface area contributed by atoms with Crippen LogP contribution in [0.3, 0.4) is 0 Å². The number of hydrogen-bond donors (Lipinski definition) is 2. The maximum absolute atomic E-state index is 12.2. The number of likely N-dealkylation sites (N-methyl/N-ethyl adjacent to an activating group) is 1. The Bertz CT molecular complexity index is 887. The van der Waals surface area contributed by atoms with E-state index in [1.165, 1.54) is 20.3 Å². The van der Waals surface area contributed by atoms with Crippen LogP contribution in [-0.2, 0) is 26.2 Å². The standard InChI is InChI=1S/C15H23N3O3S2.C2HF3O2/c1-10-4-5-12(22-10)8-17-7-11-6-13(15(19)16-2)18(14(11)9-17)23(3,20)21;3-2(4,5)1(6)7/h4-5,11,13-14H,6-9H2,1-3H3,(H,16,19);(H,6,7)/t11-,13-,14+;/m1./s1. The Morgan fingerprint density at radius 1 is 1.30 bits per heavy atom. The van der Waals surface area contributed by atoms with Gasteiger partial charge in [-0.05, 0) is 31.4 Å². The van der Waals surface area contributed by atoms with E-state index in [1.54, 1.807) is 18.4 Å². The molecular formula is C17H24F3N3O5S2. The minimum Gasteiger partial charge on any atom is -0.475 e. The molecule has 0 aromatic carbocycles. The van der Waals surface area contributed by atoms with E-state index in [0.29, 0.717) is 13.0 Å². The molecule has 2 aliphatic rings. The van der Waals surface area contributed by atoms with E-state index in [2.05, 4.69) is 29.3 Å². The zero-order chi connectivity index (χ0) is 22.9. The van der Waals surface area contributed by atoms with Gasteiger partial charge in [-0.3, -0.25) is 9.69 Å². The zero-order valence-corrected chi connectivity index (χ0v) is 18.3. The number of thiophene rings is 1. The van der Waals surface area contributed by atoms with Gasteiger partial charge >= 0.3 is 12.1 Å². The molecule has 13 heteroatoms. The molecule has 8 nitrogen and oxygen atoms in total. The van der Waals surface area contributed by atoms with Crippen molar-refractivity contribution in [1.82, 2.24) is 14.5 Å². The number of nitrogens with zero attached hydrogens (tertiary/aromatic N) is 2. The average molecular weight is 472 g/mol. The lowest BCUT2D eigenvalue weighted by atomic mass is 10.0. The summed E-state index contributed by atoms with van der Waals surface area (Å²) in [7, 11) is -1.85. The van der Waals surface area contributed by atoms with Crippen molar-refractivity contribution < 1.29 is 36.3 Å². The molecule has 2 fully saturated rings. The smallest absolute Gasteiger partial charge is 0.475 e. The van der Waals surface area contributed by atoms with Crippen LogP contribution in [0.5, 0.6) is 0 Å². The lowest BCUT2D eigenvalue weighted by Crippen LogP contribution is -2.49. The number of aliphatic carboxylic acids is 1. The van der Waals surface area contributed by atoms with E-state index in [9.17, 15) is 26.4 Å². The molecule has 1 aromatic heterocycles. The monoisotopic (exact) mass is 471 g/mol. The second kappa shape index (κ2) is 9.20. The molecule has 1 aromatic rings. The molecule has 0 unspecified atom stereocenters. The fraction of sp³-hybridized carbons (Fsp3) is 0.647. The summed E-state index contributed by atoms with van der Waals surface area (Å²) < 4.78 is 57.6. The molecule has 1 amide bonds. The maximum Gasteiger partial charge on any atom is 0.490 e. The summed E-state index contributed by atoms with van der Waals surface area (Å²) in [5.41, 5.74) is 0. The van der Waals surface area contributed by atoms with Crippen molar-refractivity contribution in [2.45, 2.75) is 38.1 Å². The third-order valence-electron chi connectivity index (χ3n) is 4.99. The summed E-state index contributed by atoms with van der Waals surface area (Å²) in [6.45, 7) is 4.49. The van der Waals surface area contributed by atoms with Gasteiger partial charge in [-0.15, -0.1) is 11.3 Å². The third kappa shape index (κ3) is 5.93. The van der Waals surface area contributed by atoms with Crippen LogP contribution < -0.4 is 5.32 Å². The van der Waals surface area contributed by atoms with Gasteiger partial charge in [0.1, 0.15) is 6.04 Å². The minimum absolute atomic E-state index is 0.0895. The van der Waals surface area contributed by atoms with Crippen LogP contribution in [0.25, 0.3) is 0 Å². The van der Waals surface area contributed by atoms with Gasteiger partial charge in [-0.2, -0.15) is 17.5 Å². The van der Waals surface area contributed by atoms with E-state index >= 15 is 0 Å². The lowest BCUT2D eigenvalue weighted by Gasteiger charge is -2.27. The van der Waals surface area contributed by atoms with Crippen LogP contribution in [0.15, 0.2) is 12.1 Å². The number of alkyl halides is 3. The summed E-state index contributed by atoms with van der Waals surface area (Å²) in [6.07, 6.45) is -3.27. The molecule has 0 saturated carbocycles. The second-order valence-corrected chi connectivity index (χ2v) is 10.6. The zero-order valence-electron chi connectivity index (χ0n) is 16.6. The van der Waals surface area contributed by atoms with Crippen molar-refractivity contribution in [1.29, 1.82) is 0 Å². The predicted molar refractivity (Wildman–Crippen MR) is 104 cm³/mol. The van der Waals surface area contributed by atoms with Crippen molar-refractivity contribution in [2.24, 2.45) is 5.92 Å². The molecule has 2 aliphatic heterocycles. The molecule has 3 rings (SSSR count). The number of carboxylic acid groups (broad SMARTS) is 1. The number of amides is 1. The SMILES string of the molecule is CNC(=O)[C@H]1C[C@@H]2CN(Cc3ccc(C)s3)C[C@@H]2N1S(C)(=O)=O.O=C(O)C(F)(F)F. The van der Waals surface area contributed by atoms with Crippen molar-refractivity contribution in [2.75, 3.05) is 26.4 Å². The van der Waals surface area contributed by atoms with Crippen molar-refractivity contribution in [3.8, 4) is 0 Å². The topological polar surface area (TPSA) is 107 Å². The highest BCUT2D eigenvalue weighted by molar-refractivity contribution is 7.88. The number of likely N-dealkylation sites (tertiary alicyclic amines) is 1. The van der Waals surface area contributed by atoms with E-state index in [-0.39, 0.29) is 17.9 Å². The van der Waals surface area contributed by atoms with Gasteiger partial charge < -0.3 is 10.4 Å². The summed E-state index contributed by atoms with van der Waals surface area (Å²) in [5, 5.41) is 9.72. The number of aryl methyl sites for hydroxylation is 1. The normalized spacial score (nSPS) is 24.8.